The fourth-order valence-electron chi connectivity index (χ4n) is 1.99. The van der Waals surface area contributed by atoms with Gasteiger partial charge in [-0.05, 0) is 12.5 Å². The Labute approximate surface area is 128 Å². The quantitative estimate of drug-likeness (QED) is 0.488. The van der Waals surface area contributed by atoms with Gasteiger partial charge in [0.05, 0.1) is 10.5 Å². The van der Waals surface area contributed by atoms with Crippen molar-refractivity contribution in [2.45, 2.75) is 13.5 Å². The molecule has 0 atom stereocenters. The fourth-order valence-corrected chi connectivity index (χ4v) is 1.99. The molecule has 0 fully saturated rings. The molecule has 0 amide bonds. The van der Waals surface area contributed by atoms with E-state index in [9.17, 15) is 28.1 Å². The largest absolute Gasteiger partial charge is 0.457 e. The van der Waals surface area contributed by atoms with Gasteiger partial charge in [0.15, 0.2) is 0 Å². The number of ether oxygens (including phenoxy) is 1. The number of benzene rings is 2. The lowest BCUT2D eigenvalue weighted by Gasteiger charge is -2.09. The second-order valence-corrected chi connectivity index (χ2v) is 4.65. The summed E-state index contributed by atoms with van der Waals surface area (Å²) >= 11 is 0. The molecule has 2 rings (SSSR count). The summed E-state index contributed by atoms with van der Waals surface area (Å²) in [6.45, 7) is 1.02. The number of aryl methyl sites for hydroxylation is 1. The maximum Gasteiger partial charge on any atom is 0.344 e. The highest BCUT2D eigenvalue weighted by atomic mass is 19.1. The monoisotopic (exact) mass is 325 g/mol. The summed E-state index contributed by atoms with van der Waals surface area (Å²) in [6, 6.07) is 4.92. The van der Waals surface area contributed by atoms with Crippen LogP contribution in [0.5, 0.6) is 0 Å². The number of carbonyl (C=O) groups is 1. The molecule has 0 aliphatic heterocycles. The Hall–Kier alpha value is -2.90. The van der Waals surface area contributed by atoms with Gasteiger partial charge in [-0.1, -0.05) is 12.1 Å². The van der Waals surface area contributed by atoms with E-state index in [1.807, 2.05) is 0 Å². The number of esters is 1. The van der Waals surface area contributed by atoms with Crippen LogP contribution in [0.15, 0.2) is 30.3 Å². The van der Waals surface area contributed by atoms with Crippen molar-refractivity contribution in [1.82, 2.24) is 0 Å². The van der Waals surface area contributed by atoms with Gasteiger partial charge in [0.1, 0.15) is 29.6 Å². The molecule has 0 aromatic heterocycles. The molecule has 0 radical (unpaired) electrons. The Morgan fingerprint density at radius 2 is 1.83 bits per heavy atom. The third-order valence-electron chi connectivity index (χ3n) is 3.14. The molecule has 0 spiro atoms. The van der Waals surface area contributed by atoms with Gasteiger partial charge >= 0.3 is 5.97 Å². The molecule has 0 saturated carbocycles. The molecule has 0 unspecified atom stereocenters. The molecule has 0 saturated heterocycles. The number of hydrogen-bond acceptors (Lipinski definition) is 4. The molecule has 120 valence electrons. The Kier molecular flexibility index (Phi) is 4.63. The van der Waals surface area contributed by atoms with Crippen LogP contribution in [0.1, 0.15) is 21.5 Å². The minimum Gasteiger partial charge on any atom is -0.457 e. The number of nitro groups is 1. The van der Waals surface area contributed by atoms with Crippen LogP contribution in [0.3, 0.4) is 0 Å². The zero-order chi connectivity index (χ0) is 17.1. The predicted octanol–water partition coefficient (Wildman–Crippen LogP) is 3.68. The first-order chi connectivity index (χ1) is 10.8. The van der Waals surface area contributed by atoms with Crippen LogP contribution < -0.4 is 0 Å². The van der Waals surface area contributed by atoms with Gasteiger partial charge in [0.2, 0.25) is 0 Å². The SMILES string of the molecule is Cc1cccc([N+](=O)[O-])c1COC(=O)c1c(F)cc(F)cc1F. The zero-order valence-corrected chi connectivity index (χ0v) is 11.8. The average Bonchev–Trinajstić information content (AvgIpc) is 2.44. The summed E-state index contributed by atoms with van der Waals surface area (Å²) in [6.07, 6.45) is 0. The zero-order valence-electron chi connectivity index (χ0n) is 11.8. The Morgan fingerprint density at radius 3 is 2.39 bits per heavy atom. The molecule has 0 heterocycles. The Balaban J connectivity index is 2.26. The minimum atomic E-state index is -1.41. The van der Waals surface area contributed by atoms with E-state index in [0.717, 1.165) is 0 Å². The van der Waals surface area contributed by atoms with Crippen LogP contribution in [0, 0.1) is 34.5 Å². The Bertz CT molecular complexity index is 769. The van der Waals surface area contributed by atoms with Crippen molar-refractivity contribution < 1.29 is 27.6 Å². The maximum absolute atomic E-state index is 13.5. The van der Waals surface area contributed by atoms with E-state index in [1.165, 1.54) is 12.1 Å². The molecule has 0 aliphatic carbocycles. The number of nitrogens with zero attached hydrogens (tertiary/aromatic N) is 1. The van der Waals surface area contributed by atoms with Crippen molar-refractivity contribution in [3.05, 3.63) is 74.6 Å². The van der Waals surface area contributed by atoms with E-state index < -0.39 is 40.5 Å². The van der Waals surface area contributed by atoms with Gasteiger partial charge in [-0.15, -0.1) is 0 Å². The third-order valence-corrected chi connectivity index (χ3v) is 3.14. The smallest absolute Gasteiger partial charge is 0.344 e. The highest BCUT2D eigenvalue weighted by Gasteiger charge is 2.22. The number of hydrogen-bond donors (Lipinski definition) is 0. The molecular weight excluding hydrogens is 315 g/mol. The van der Waals surface area contributed by atoms with Gasteiger partial charge in [-0.2, -0.15) is 0 Å². The van der Waals surface area contributed by atoms with Crippen molar-refractivity contribution in [2.24, 2.45) is 0 Å². The van der Waals surface area contributed by atoms with Crippen LogP contribution >= 0.6 is 0 Å². The molecule has 2 aromatic carbocycles. The molecule has 0 aliphatic rings. The molecule has 23 heavy (non-hydrogen) atoms. The van der Waals surface area contributed by atoms with E-state index in [2.05, 4.69) is 0 Å². The summed E-state index contributed by atoms with van der Waals surface area (Å²) in [5, 5.41) is 10.9. The fraction of sp³-hybridized carbons (Fsp3) is 0.133. The van der Waals surface area contributed by atoms with E-state index in [-0.39, 0.29) is 11.3 Å². The number of rotatable bonds is 4. The maximum atomic E-state index is 13.5. The van der Waals surface area contributed by atoms with E-state index in [4.69, 9.17) is 4.74 Å². The molecule has 2 aromatic rings. The van der Waals surface area contributed by atoms with E-state index >= 15 is 0 Å². The number of nitro benzene ring substituents is 1. The van der Waals surface area contributed by atoms with Gasteiger partial charge in [-0.25, -0.2) is 18.0 Å². The molecule has 5 nitrogen and oxygen atoms in total. The normalized spacial score (nSPS) is 10.4. The van der Waals surface area contributed by atoms with Crippen LogP contribution in [-0.2, 0) is 11.3 Å². The Morgan fingerprint density at radius 1 is 1.22 bits per heavy atom. The summed E-state index contributed by atoms with van der Waals surface area (Å²) in [7, 11) is 0. The number of carbonyl (C=O) groups excluding carboxylic acids is 1. The predicted molar refractivity (Wildman–Crippen MR) is 73.3 cm³/mol. The van der Waals surface area contributed by atoms with Crippen molar-refractivity contribution >= 4 is 11.7 Å². The van der Waals surface area contributed by atoms with Gasteiger partial charge < -0.3 is 4.74 Å². The highest BCUT2D eigenvalue weighted by Crippen LogP contribution is 2.24. The summed E-state index contributed by atoms with van der Waals surface area (Å²) in [5.41, 5.74) is -0.749. The first-order valence-electron chi connectivity index (χ1n) is 6.35. The molecule has 0 bridgehead atoms. The van der Waals surface area contributed by atoms with Crippen LogP contribution in [0.2, 0.25) is 0 Å². The second kappa shape index (κ2) is 6.47. The first-order valence-corrected chi connectivity index (χ1v) is 6.35. The lowest BCUT2D eigenvalue weighted by Crippen LogP contribution is -2.12. The van der Waals surface area contributed by atoms with Crippen molar-refractivity contribution in [2.75, 3.05) is 0 Å². The van der Waals surface area contributed by atoms with E-state index in [0.29, 0.717) is 17.7 Å². The lowest BCUT2D eigenvalue weighted by molar-refractivity contribution is -0.385. The van der Waals surface area contributed by atoms with E-state index in [1.54, 1.807) is 13.0 Å². The standard InChI is InChI=1S/C15H10F3NO4/c1-8-3-2-4-13(19(21)22)10(8)7-23-15(20)14-11(17)5-9(16)6-12(14)18/h2-6H,7H2,1H3. The van der Waals surface area contributed by atoms with Crippen LogP contribution in [0.4, 0.5) is 18.9 Å². The second-order valence-electron chi connectivity index (χ2n) is 4.65. The van der Waals surface area contributed by atoms with Gasteiger partial charge in [0.25, 0.3) is 5.69 Å². The van der Waals surface area contributed by atoms with Crippen molar-refractivity contribution in [3.63, 3.8) is 0 Å². The third kappa shape index (κ3) is 3.47. The average molecular weight is 325 g/mol. The number of halogens is 3. The molecular formula is C15H10F3NO4. The highest BCUT2D eigenvalue weighted by molar-refractivity contribution is 5.90. The van der Waals surface area contributed by atoms with Crippen LogP contribution in [0.25, 0.3) is 0 Å². The van der Waals surface area contributed by atoms with Gasteiger partial charge in [0, 0.05) is 18.2 Å². The van der Waals surface area contributed by atoms with Crippen molar-refractivity contribution in [1.29, 1.82) is 0 Å². The summed E-state index contributed by atoms with van der Waals surface area (Å²) in [4.78, 5) is 22.0. The van der Waals surface area contributed by atoms with Crippen molar-refractivity contribution in [3.8, 4) is 0 Å². The minimum absolute atomic E-state index is 0.105. The summed E-state index contributed by atoms with van der Waals surface area (Å²) in [5.74, 6) is -5.37. The first kappa shape index (κ1) is 16.5. The topological polar surface area (TPSA) is 69.4 Å². The van der Waals surface area contributed by atoms with Crippen LogP contribution in [-0.4, -0.2) is 10.9 Å². The molecule has 8 heteroatoms. The molecule has 0 N–H and O–H groups in total. The van der Waals surface area contributed by atoms with Gasteiger partial charge in [-0.3, -0.25) is 10.1 Å². The summed E-state index contributed by atoms with van der Waals surface area (Å²) < 4.78 is 44.5. The lowest BCUT2D eigenvalue weighted by atomic mass is 10.1.